The van der Waals surface area contributed by atoms with Crippen LogP contribution in [0.1, 0.15) is 22.8 Å². The molecule has 0 aliphatic carbocycles. The minimum Gasteiger partial charge on any atom is -0.466 e. The standard InChI is InChI=1S/C19H17F3N2O3/c1-11(25)27-7-6-12-8-15(21)19(16(22)9-12)24-18(23)10-17(26)13-2-4-14(20)5-3-13/h2-5,8-10,24H,6-7,23H2,1H3/b18-10-. The van der Waals surface area contributed by atoms with Gasteiger partial charge in [0.1, 0.15) is 29.0 Å². The Bertz CT molecular complexity index is 857. The summed E-state index contributed by atoms with van der Waals surface area (Å²) in [7, 11) is 0. The van der Waals surface area contributed by atoms with Crippen LogP contribution in [0.5, 0.6) is 0 Å². The molecule has 0 aliphatic heterocycles. The predicted octanol–water partition coefficient (Wildman–Crippen LogP) is 3.30. The quantitative estimate of drug-likeness (QED) is 0.439. The third-order valence-electron chi connectivity index (χ3n) is 3.48. The zero-order valence-corrected chi connectivity index (χ0v) is 14.4. The van der Waals surface area contributed by atoms with Crippen LogP contribution in [-0.2, 0) is 16.0 Å². The number of nitrogens with two attached hydrogens (primary N) is 1. The van der Waals surface area contributed by atoms with Crippen LogP contribution in [0.15, 0.2) is 48.3 Å². The number of hydrogen-bond donors (Lipinski definition) is 2. The molecule has 2 aromatic rings. The highest BCUT2D eigenvalue weighted by Crippen LogP contribution is 2.22. The van der Waals surface area contributed by atoms with E-state index in [1.54, 1.807) is 0 Å². The zero-order valence-electron chi connectivity index (χ0n) is 14.4. The van der Waals surface area contributed by atoms with Gasteiger partial charge in [0.2, 0.25) is 0 Å². The Morgan fingerprint density at radius 1 is 1.11 bits per heavy atom. The smallest absolute Gasteiger partial charge is 0.302 e. The van der Waals surface area contributed by atoms with Crippen LogP contribution in [-0.4, -0.2) is 18.4 Å². The molecule has 3 N–H and O–H groups in total. The maximum Gasteiger partial charge on any atom is 0.302 e. The number of benzene rings is 2. The van der Waals surface area contributed by atoms with Crippen molar-refractivity contribution >= 4 is 17.4 Å². The van der Waals surface area contributed by atoms with Gasteiger partial charge in [-0.15, -0.1) is 0 Å². The Morgan fingerprint density at radius 3 is 2.26 bits per heavy atom. The highest BCUT2D eigenvalue weighted by atomic mass is 19.1. The summed E-state index contributed by atoms with van der Waals surface area (Å²) in [5.41, 5.74) is 5.57. The van der Waals surface area contributed by atoms with Crippen molar-refractivity contribution in [3.05, 3.63) is 76.9 Å². The minimum absolute atomic E-state index is 0.00476. The fourth-order valence-corrected chi connectivity index (χ4v) is 2.22. The van der Waals surface area contributed by atoms with Gasteiger partial charge < -0.3 is 15.8 Å². The largest absolute Gasteiger partial charge is 0.466 e. The third-order valence-corrected chi connectivity index (χ3v) is 3.48. The van der Waals surface area contributed by atoms with Crippen molar-refractivity contribution in [2.24, 2.45) is 5.73 Å². The fraction of sp³-hybridized carbons (Fsp3) is 0.158. The van der Waals surface area contributed by atoms with Crippen LogP contribution in [0.2, 0.25) is 0 Å². The fourth-order valence-electron chi connectivity index (χ4n) is 2.22. The number of ether oxygens (including phenoxy) is 1. The molecule has 0 heterocycles. The molecule has 0 saturated carbocycles. The van der Waals surface area contributed by atoms with Gasteiger partial charge in [-0.2, -0.15) is 0 Å². The molecule has 0 amide bonds. The number of nitrogens with one attached hydrogen (secondary N) is 1. The van der Waals surface area contributed by atoms with Crippen molar-refractivity contribution < 1.29 is 27.5 Å². The van der Waals surface area contributed by atoms with E-state index in [2.05, 4.69) is 5.32 Å². The van der Waals surface area contributed by atoms with Crippen LogP contribution in [0.25, 0.3) is 0 Å². The van der Waals surface area contributed by atoms with Gasteiger partial charge in [0.05, 0.1) is 6.61 Å². The summed E-state index contributed by atoms with van der Waals surface area (Å²) in [6.07, 6.45) is 1.09. The lowest BCUT2D eigenvalue weighted by Gasteiger charge is -2.11. The molecule has 0 spiro atoms. The van der Waals surface area contributed by atoms with E-state index in [4.69, 9.17) is 10.5 Å². The van der Waals surface area contributed by atoms with Gasteiger partial charge in [0.15, 0.2) is 5.78 Å². The van der Waals surface area contributed by atoms with Crippen LogP contribution in [0.3, 0.4) is 0 Å². The van der Waals surface area contributed by atoms with Gasteiger partial charge in [-0.3, -0.25) is 9.59 Å². The van der Waals surface area contributed by atoms with Gasteiger partial charge >= 0.3 is 5.97 Å². The molecule has 0 fully saturated rings. The molecule has 0 atom stereocenters. The van der Waals surface area contributed by atoms with E-state index in [1.165, 1.54) is 19.1 Å². The minimum atomic E-state index is -0.918. The highest BCUT2D eigenvalue weighted by molar-refractivity contribution is 6.05. The van der Waals surface area contributed by atoms with E-state index in [1.807, 2.05) is 0 Å². The summed E-state index contributed by atoms with van der Waals surface area (Å²) in [5, 5.41) is 2.30. The average Bonchev–Trinajstić information content (AvgIpc) is 2.58. The summed E-state index contributed by atoms with van der Waals surface area (Å²) >= 11 is 0. The lowest BCUT2D eigenvalue weighted by Crippen LogP contribution is -2.14. The first kappa shape index (κ1) is 20.0. The van der Waals surface area contributed by atoms with E-state index in [0.717, 1.165) is 30.3 Å². The van der Waals surface area contributed by atoms with Crippen molar-refractivity contribution in [2.45, 2.75) is 13.3 Å². The van der Waals surface area contributed by atoms with Crippen molar-refractivity contribution in [1.29, 1.82) is 0 Å². The second-order valence-corrected chi connectivity index (χ2v) is 5.62. The topological polar surface area (TPSA) is 81.4 Å². The van der Waals surface area contributed by atoms with E-state index < -0.39 is 34.9 Å². The van der Waals surface area contributed by atoms with E-state index >= 15 is 0 Å². The number of carbonyl (C=O) groups excluding carboxylic acids is 2. The number of carbonyl (C=O) groups is 2. The molecule has 0 saturated heterocycles. The maximum atomic E-state index is 14.1. The van der Waals surface area contributed by atoms with Crippen molar-refractivity contribution in [1.82, 2.24) is 0 Å². The van der Waals surface area contributed by atoms with Crippen LogP contribution in [0.4, 0.5) is 18.9 Å². The maximum absolute atomic E-state index is 14.1. The van der Waals surface area contributed by atoms with Gasteiger partial charge in [-0.1, -0.05) is 0 Å². The summed E-state index contributed by atoms with van der Waals surface area (Å²) in [4.78, 5) is 22.7. The Morgan fingerprint density at radius 2 is 1.70 bits per heavy atom. The van der Waals surface area contributed by atoms with E-state index in [0.29, 0.717) is 5.56 Å². The predicted molar refractivity (Wildman–Crippen MR) is 93.3 cm³/mol. The molecule has 0 aromatic heterocycles. The zero-order chi connectivity index (χ0) is 20.0. The van der Waals surface area contributed by atoms with Crippen LogP contribution >= 0.6 is 0 Å². The Labute approximate surface area is 153 Å². The van der Waals surface area contributed by atoms with Crippen molar-refractivity contribution in [3.8, 4) is 0 Å². The lowest BCUT2D eigenvalue weighted by molar-refractivity contribution is -0.140. The monoisotopic (exact) mass is 378 g/mol. The molecule has 2 aromatic carbocycles. The second-order valence-electron chi connectivity index (χ2n) is 5.62. The Hall–Kier alpha value is -3.29. The van der Waals surface area contributed by atoms with E-state index in [-0.39, 0.29) is 24.4 Å². The van der Waals surface area contributed by atoms with Gasteiger partial charge in [-0.05, 0) is 42.0 Å². The number of rotatable bonds is 7. The number of hydrogen-bond acceptors (Lipinski definition) is 5. The van der Waals surface area contributed by atoms with Crippen molar-refractivity contribution in [3.63, 3.8) is 0 Å². The number of anilines is 1. The molecular formula is C19H17F3N2O3. The third kappa shape index (κ3) is 5.88. The number of halogens is 3. The summed E-state index contributed by atoms with van der Waals surface area (Å²) in [6, 6.07) is 6.90. The average molecular weight is 378 g/mol. The number of allylic oxidation sites excluding steroid dienone is 1. The van der Waals surface area contributed by atoms with E-state index in [9.17, 15) is 22.8 Å². The molecule has 5 nitrogen and oxygen atoms in total. The molecule has 0 bridgehead atoms. The molecule has 27 heavy (non-hydrogen) atoms. The first-order chi connectivity index (χ1) is 12.8. The normalized spacial score (nSPS) is 11.2. The SMILES string of the molecule is CC(=O)OCCc1cc(F)c(N/C(N)=C\C(=O)c2ccc(F)cc2)c(F)c1. The Kier molecular flexibility index (Phi) is 6.59. The van der Waals surface area contributed by atoms with Crippen LogP contribution in [0, 0.1) is 17.5 Å². The molecule has 0 radical (unpaired) electrons. The first-order valence-corrected chi connectivity index (χ1v) is 7.91. The molecule has 2 rings (SSSR count). The van der Waals surface area contributed by atoms with Gasteiger partial charge in [0, 0.05) is 25.0 Å². The number of ketones is 1. The Balaban J connectivity index is 2.10. The summed E-state index contributed by atoms with van der Waals surface area (Å²) < 4.78 is 45.9. The second kappa shape index (κ2) is 8.88. The number of esters is 1. The molecule has 8 heteroatoms. The van der Waals surface area contributed by atoms with Gasteiger partial charge in [0.25, 0.3) is 0 Å². The van der Waals surface area contributed by atoms with Crippen molar-refractivity contribution in [2.75, 3.05) is 11.9 Å². The molecular weight excluding hydrogens is 361 g/mol. The highest BCUT2D eigenvalue weighted by Gasteiger charge is 2.13. The van der Waals surface area contributed by atoms with Gasteiger partial charge in [-0.25, -0.2) is 13.2 Å². The molecule has 0 aliphatic rings. The summed E-state index contributed by atoms with van der Waals surface area (Å²) in [6.45, 7) is 1.23. The lowest BCUT2D eigenvalue weighted by atomic mass is 10.1. The summed E-state index contributed by atoms with van der Waals surface area (Å²) in [5.74, 6) is -3.66. The van der Waals surface area contributed by atoms with Crippen LogP contribution < -0.4 is 11.1 Å². The molecule has 0 unspecified atom stereocenters. The first-order valence-electron chi connectivity index (χ1n) is 7.91. The molecule has 142 valence electrons.